The van der Waals surface area contributed by atoms with Crippen molar-refractivity contribution >= 4 is 40.6 Å². The topological polar surface area (TPSA) is 150 Å². The molecule has 5 rings (SSSR count). The van der Waals surface area contributed by atoms with Crippen LogP contribution in [0.3, 0.4) is 0 Å². The van der Waals surface area contributed by atoms with Crippen molar-refractivity contribution in [3.05, 3.63) is 119 Å². The van der Waals surface area contributed by atoms with Crippen LogP contribution in [-0.2, 0) is 25.7 Å². The van der Waals surface area contributed by atoms with E-state index in [0.29, 0.717) is 59.9 Å². The van der Waals surface area contributed by atoms with Gasteiger partial charge in [-0.1, -0.05) is 66.7 Å². The van der Waals surface area contributed by atoms with E-state index in [2.05, 4.69) is 10.6 Å². The van der Waals surface area contributed by atoms with Crippen LogP contribution < -0.4 is 21.1 Å². The van der Waals surface area contributed by atoms with Gasteiger partial charge < -0.3 is 36.2 Å². The molecule has 3 atom stereocenters. The second-order valence-corrected chi connectivity index (χ2v) is 12.4. The molecule has 0 spiro atoms. The maximum absolute atomic E-state index is 12.6. The first-order valence-corrected chi connectivity index (χ1v) is 16.7. The number of anilines is 3. The van der Waals surface area contributed by atoms with Crippen LogP contribution in [0.1, 0.15) is 67.6 Å². The SMILES string of the molecule is Nc1ccccc1NC(=O)CCCCCC(=O)Nc1ccc([C@H]2O[C@@H](CSc3cccc[n+]3[O-])C[C@@H](c3ccc(CO)cc3)O2)cc1. The van der Waals surface area contributed by atoms with Gasteiger partial charge in [0, 0.05) is 48.4 Å². The van der Waals surface area contributed by atoms with Crippen molar-refractivity contribution in [2.75, 3.05) is 22.1 Å². The van der Waals surface area contributed by atoms with Gasteiger partial charge in [0.05, 0.1) is 30.2 Å². The number of unbranched alkanes of at least 4 members (excludes halogenated alkanes) is 2. The van der Waals surface area contributed by atoms with Crippen LogP contribution in [0, 0.1) is 5.21 Å². The van der Waals surface area contributed by atoms with Crippen molar-refractivity contribution in [1.29, 1.82) is 0 Å². The van der Waals surface area contributed by atoms with Crippen LogP contribution >= 0.6 is 11.8 Å². The Balaban J connectivity index is 1.12. The van der Waals surface area contributed by atoms with Gasteiger partial charge in [0.15, 0.2) is 12.5 Å². The van der Waals surface area contributed by atoms with Crippen molar-refractivity contribution in [2.45, 2.75) is 68.7 Å². The molecular weight excluding hydrogens is 616 g/mol. The van der Waals surface area contributed by atoms with E-state index in [1.807, 2.05) is 66.7 Å². The molecule has 5 N–H and O–H groups in total. The predicted octanol–water partition coefficient (Wildman–Crippen LogP) is 6.26. The number of aliphatic hydroxyl groups excluding tert-OH is 1. The van der Waals surface area contributed by atoms with Crippen LogP contribution in [0.4, 0.5) is 17.1 Å². The number of carbonyl (C=O) groups excluding carboxylic acids is 2. The van der Waals surface area contributed by atoms with Crippen LogP contribution in [0.2, 0.25) is 0 Å². The predicted molar refractivity (Wildman–Crippen MR) is 182 cm³/mol. The molecule has 2 amide bonds. The molecule has 0 bridgehead atoms. The number of aromatic nitrogens is 1. The summed E-state index contributed by atoms with van der Waals surface area (Å²) in [5.74, 6) is 0.378. The highest BCUT2D eigenvalue weighted by Gasteiger charge is 2.32. The molecule has 1 fully saturated rings. The maximum Gasteiger partial charge on any atom is 0.251 e. The summed E-state index contributed by atoms with van der Waals surface area (Å²) in [6.07, 6.45) is 3.82. The molecule has 246 valence electrons. The number of carbonyl (C=O) groups is 2. The summed E-state index contributed by atoms with van der Waals surface area (Å²) in [5.41, 5.74) is 10.3. The molecule has 1 aromatic heterocycles. The lowest BCUT2D eigenvalue weighted by Gasteiger charge is -2.36. The van der Waals surface area contributed by atoms with E-state index in [1.54, 1.807) is 24.3 Å². The first kappa shape index (κ1) is 33.9. The molecule has 1 aliphatic heterocycles. The average molecular weight is 657 g/mol. The Morgan fingerprint density at radius 3 is 2.23 bits per heavy atom. The summed E-state index contributed by atoms with van der Waals surface area (Å²) >= 11 is 1.44. The zero-order valence-corrected chi connectivity index (χ0v) is 26.9. The number of hydrogen-bond donors (Lipinski definition) is 4. The average Bonchev–Trinajstić information content (AvgIpc) is 3.09. The standard InChI is InChI=1S/C36H40N4O6S/c37-30-8-4-5-9-31(30)39-34(43)11-3-1-2-10-33(42)38-28-19-17-27(18-20-28)36-45-29(24-47-35-12-6-7-21-40(35)44)22-32(46-36)26-15-13-25(23-41)14-16-26/h4-9,12-21,29,32,36,41H,1-3,10-11,22-24,37H2,(H,38,42)(H,39,43)/t29-,32+,36+/m1/s1. The Bertz CT molecular complexity index is 1620. The van der Waals surface area contributed by atoms with Gasteiger partial charge in [-0.15, -0.1) is 0 Å². The molecule has 0 saturated carbocycles. The fourth-order valence-electron chi connectivity index (χ4n) is 5.24. The number of ether oxygens (including phenoxy) is 2. The van der Waals surface area contributed by atoms with Crippen molar-refractivity contribution in [2.24, 2.45) is 0 Å². The van der Waals surface area contributed by atoms with Gasteiger partial charge in [0.1, 0.15) is 0 Å². The number of para-hydroxylation sites is 2. The summed E-state index contributed by atoms with van der Waals surface area (Å²) < 4.78 is 13.6. The molecule has 2 heterocycles. The number of nitrogens with zero attached hydrogens (tertiary/aromatic N) is 1. The lowest BCUT2D eigenvalue weighted by Crippen LogP contribution is -2.32. The number of rotatable bonds is 14. The molecule has 10 nitrogen and oxygen atoms in total. The van der Waals surface area contributed by atoms with Crippen molar-refractivity contribution in [3.63, 3.8) is 0 Å². The normalized spacial score (nSPS) is 17.6. The van der Waals surface area contributed by atoms with Gasteiger partial charge in [-0.2, -0.15) is 4.73 Å². The van der Waals surface area contributed by atoms with E-state index in [9.17, 15) is 19.9 Å². The van der Waals surface area contributed by atoms with E-state index in [1.165, 1.54) is 18.0 Å². The van der Waals surface area contributed by atoms with Crippen LogP contribution in [0.25, 0.3) is 0 Å². The minimum atomic E-state index is -0.646. The van der Waals surface area contributed by atoms with Gasteiger partial charge >= 0.3 is 0 Å². The van der Waals surface area contributed by atoms with E-state index in [-0.39, 0.29) is 30.6 Å². The van der Waals surface area contributed by atoms with E-state index < -0.39 is 6.29 Å². The quantitative estimate of drug-likeness (QED) is 0.0409. The Morgan fingerprint density at radius 1 is 0.851 bits per heavy atom. The lowest BCUT2D eigenvalue weighted by atomic mass is 10.0. The van der Waals surface area contributed by atoms with Crippen LogP contribution in [0.15, 0.2) is 102 Å². The van der Waals surface area contributed by atoms with Gasteiger partial charge in [-0.3, -0.25) is 9.59 Å². The molecule has 1 aliphatic rings. The first-order chi connectivity index (χ1) is 22.9. The molecule has 0 radical (unpaired) electrons. The van der Waals surface area contributed by atoms with Crippen LogP contribution in [0.5, 0.6) is 0 Å². The Kier molecular flexibility index (Phi) is 12.2. The number of thioether (sulfide) groups is 1. The number of nitrogens with two attached hydrogens (primary N) is 1. The summed E-state index contributed by atoms with van der Waals surface area (Å²) in [4.78, 5) is 24.8. The Hall–Kier alpha value is -4.42. The first-order valence-electron chi connectivity index (χ1n) is 15.7. The monoisotopic (exact) mass is 656 g/mol. The minimum Gasteiger partial charge on any atom is -0.618 e. The van der Waals surface area contributed by atoms with Gasteiger partial charge in [-0.05, 0) is 54.3 Å². The number of benzene rings is 3. The lowest BCUT2D eigenvalue weighted by molar-refractivity contribution is -0.645. The third kappa shape index (κ3) is 10.0. The molecule has 0 unspecified atom stereocenters. The van der Waals surface area contributed by atoms with E-state index >= 15 is 0 Å². The van der Waals surface area contributed by atoms with Crippen molar-refractivity contribution < 1.29 is 28.9 Å². The van der Waals surface area contributed by atoms with Gasteiger partial charge in [-0.25, -0.2) is 0 Å². The number of pyridine rings is 1. The molecule has 4 aromatic rings. The van der Waals surface area contributed by atoms with E-state index in [4.69, 9.17) is 15.2 Å². The van der Waals surface area contributed by atoms with Gasteiger partial charge in [0.2, 0.25) is 11.8 Å². The number of aliphatic hydroxyl groups is 1. The highest BCUT2D eigenvalue weighted by molar-refractivity contribution is 7.99. The molecule has 47 heavy (non-hydrogen) atoms. The summed E-state index contributed by atoms with van der Waals surface area (Å²) in [7, 11) is 0. The van der Waals surface area contributed by atoms with Crippen molar-refractivity contribution in [1.82, 2.24) is 0 Å². The van der Waals surface area contributed by atoms with Crippen LogP contribution in [-0.4, -0.2) is 28.8 Å². The highest BCUT2D eigenvalue weighted by Crippen LogP contribution is 2.39. The number of nitrogens with one attached hydrogen (secondary N) is 2. The summed E-state index contributed by atoms with van der Waals surface area (Å²) in [6, 6.07) is 27.6. The molecule has 11 heteroatoms. The smallest absolute Gasteiger partial charge is 0.251 e. The fourth-order valence-corrected chi connectivity index (χ4v) is 6.18. The molecule has 1 saturated heterocycles. The second-order valence-electron chi connectivity index (χ2n) is 11.4. The molecular formula is C36H40N4O6S. The minimum absolute atomic E-state index is 0.0316. The second kappa shape index (κ2) is 16.9. The molecule has 0 aliphatic carbocycles. The summed E-state index contributed by atoms with van der Waals surface area (Å²) in [6.45, 7) is -0.0316. The Morgan fingerprint density at radius 2 is 1.53 bits per heavy atom. The van der Waals surface area contributed by atoms with E-state index in [0.717, 1.165) is 27.8 Å². The number of hydrogen-bond acceptors (Lipinski definition) is 8. The van der Waals surface area contributed by atoms with Gasteiger partial charge in [0.25, 0.3) is 5.03 Å². The largest absolute Gasteiger partial charge is 0.618 e. The number of nitrogen functional groups attached to an aromatic ring is 1. The number of amides is 2. The zero-order chi connectivity index (χ0) is 33.0. The fraction of sp³-hybridized carbons (Fsp3) is 0.306. The Labute approximate surface area is 278 Å². The highest BCUT2D eigenvalue weighted by atomic mass is 32.2. The summed E-state index contributed by atoms with van der Waals surface area (Å²) in [5, 5.41) is 28.0. The zero-order valence-electron chi connectivity index (χ0n) is 26.0. The maximum atomic E-state index is 12.6. The third-order valence-corrected chi connectivity index (χ3v) is 8.98. The van der Waals surface area contributed by atoms with Crippen molar-refractivity contribution in [3.8, 4) is 0 Å². The molecule has 3 aromatic carbocycles. The third-order valence-electron chi connectivity index (χ3n) is 7.83.